The van der Waals surface area contributed by atoms with Crippen LogP contribution in [0.1, 0.15) is 30.9 Å². The SMILES string of the molecule is CC(C)c1cccc(Oc2ccc(C(N)=NO)cc2Cl)c1. The Morgan fingerprint density at radius 3 is 2.62 bits per heavy atom. The Hall–Kier alpha value is -2.20. The van der Waals surface area contributed by atoms with Crippen molar-refractivity contribution in [2.45, 2.75) is 19.8 Å². The van der Waals surface area contributed by atoms with E-state index in [1.807, 2.05) is 18.2 Å². The molecule has 0 fully saturated rings. The third-order valence-electron chi connectivity index (χ3n) is 3.09. The van der Waals surface area contributed by atoms with Crippen LogP contribution in [0.4, 0.5) is 0 Å². The smallest absolute Gasteiger partial charge is 0.170 e. The highest BCUT2D eigenvalue weighted by molar-refractivity contribution is 6.32. The number of halogens is 1. The second-order valence-corrected chi connectivity index (χ2v) is 5.37. The van der Waals surface area contributed by atoms with E-state index in [0.29, 0.717) is 22.3 Å². The van der Waals surface area contributed by atoms with Gasteiger partial charge in [0.1, 0.15) is 11.5 Å². The zero-order valence-electron chi connectivity index (χ0n) is 11.9. The van der Waals surface area contributed by atoms with Crippen LogP contribution in [0.2, 0.25) is 5.02 Å². The number of oxime groups is 1. The third kappa shape index (κ3) is 3.67. The van der Waals surface area contributed by atoms with Crippen molar-refractivity contribution in [1.82, 2.24) is 0 Å². The zero-order valence-corrected chi connectivity index (χ0v) is 12.6. The Morgan fingerprint density at radius 1 is 1.24 bits per heavy atom. The number of benzene rings is 2. The highest BCUT2D eigenvalue weighted by Crippen LogP contribution is 2.31. The summed E-state index contributed by atoms with van der Waals surface area (Å²) >= 11 is 6.17. The number of nitrogens with two attached hydrogens (primary N) is 1. The van der Waals surface area contributed by atoms with E-state index in [1.165, 1.54) is 5.56 Å². The summed E-state index contributed by atoms with van der Waals surface area (Å²) in [7, 11) is 0. The molecule has 2 aromatic rings. The van der Waals surface area contributed by atoms with E-state index in [4.69, 9.17) is 27.3 Å². The maximum absolute atomic E-state index is 8.65. The van der Waals surface area contributed by atoms with Crippen molar-refractivity contribution in [3.8, 4) is 11.5 Å². The van der Waals surface area contributed by atoms with Crippen molar-refractivity contribution < 1.29 is 9.94 Å². The first-order valence-electron chi connectivity index (χ1n) is 6.56. The number of hydrogen-bond donors (Lipinski definition) is 2. The number of hydrogen-bond acceptors (Lipinski definition) is 3. The molecule has 0 aliphatic heterocycles. The fraction of sp³-hybridized carbons (Fsp3) is 0.188. The van der Waals surface area contributed by atoms with Crippen LogP contribution in [0.3, 0.4) is 0 Å². The zero-order chi connectivity index (χ0) is 15.4. The van der Waals surface area contributed by atoms with Gasteiger partial charge in [-0.2, -0.15) is 0 Å². The van der Waals surface area contributed by atoms with Crippen LogP contribution in [0, 0.1) is 0 Å². The van der Waals surface area contributed by atoms with Crippen LogP contribution in [0.5, 0.6) is 11.5 Å². The van der Waals surface area contributed by atoms with Crippen molar-refractivity contribution >= 4 is 17.4 Å². The van der Waals surface area contributed by atoms with Crippen molar-refractivity contribution in [2.24, 2.45) is 10.9 Å². The predicted octanol–water partition coefficient (Wildman–Crippen LogP) is 4.35. The highest BCUT2D eigenvalue weighted by atomic mass is 35.5. The third-order valence-corrected chi connectivity index (χ3v) is 3.38. The molecule has 0 bridgehead atoms. The van der Waals surface area contributed by atoms with E-state index in [-0.39, 0.29) is 5.84 Å². The Morgan fingerprint density at radius 2 is 2.00 bits per heavy atom. The Balaban J connectivity index is 2.26. The molecule has 21 heavy (non-hydrogen) atoms. The van der Waals surface area contributed by atoms with E-state index in [0.717, 1.165) is 5.75 Å². The molecule has 0 atom stereocenters. The maximum Gasteiger partial charge on any atom is 0.170 e. The van der Waals surface area contributed by atoms with Gasteiger partial charge in [0.2, 0.25) is 0 Å². The molecule has 0 aliphatic rings. The molecular weight excluding hydrogens is 288 g/mol. The van der Waals surface area contributed by atoms with Gasteiger partial charge in [-0.05, 0) is 41.8 Å². The molecule has 2 aromatic carbocycles. The van der Waals surface area contributed by atoms with Gasteiger partial charge in [0.15, 0.2) is 5.84 Å². The lowest BCUT2D eigenvalue weighted by molar-refractivity contribution is 0.318. The fourth-order valence-electron chi connectivity index (χ4n) is 1.86. The predicted molar refractivity (Wildman–Crippen MR) is 84.6 cm³/mol. The second-order valence-electron chi connectivity index (χ2n) is 4.96. The molecule has 110 valence electrons. The number of rotatable bonds is 4. The van der Waals surface area contributed by atoms with Crippen molar-refractivity contribution in [3.63, 3.8) is 0 Å². The van der Waals surface area contributed by atoms with E-state index in [2.05, 4.69) is 25.1 Å². The van der Waals surface area contributed by atoms with Gasteiger partial charge in [-0.3, -0.25) is 0 Å². The minimum absolute atomic E-state index is 0.00487. The maximum atomic E-state index is 8.65. The van der Waals surface area contributed by atoms with E-state index >= 15 is 0 Å². The van der Waals surface area contributed by atoms with Crippen molar-refractivity contribution in [2.75, 3.05) is 0 Å². The molecule has 0 radical (unpaired) electrons. The lowest BCUT2D eigenvalue weighted by atomic mass is 10.0. The van der Waals surface area contributed by atoms with Gasteiger partial charge in [-0.15, -0.1) is 0 Å². The molecule has 4 nitrogen and oxygen atoms in total. The molecule has 2 rings (SSSR count). The summed E-state index contributed by atoms with van der Waals surface area (Å²) in [6.07, 6.45) is 0. The average molecular weight is 305 g/mol. The number of amidine groups is 1. The van der Waals surface area contributed by atoms with Gasteiger partial charge in [-0.25, -0.2) is 0 Å². The quantitative estimate of drug-likeness (QED) is 0.382. The lowest BCUT2D eigenvalue weighted by Gasteiger charge is -2.11. The number of ether oxygens (including phenoxy) is 1. The molecule has 0 aromatic heterocycles. The average Bonchev–Trinajstić information content (AvgIpc) is 2.48. The van der Waals surface area contributed by atoms with Crippen molar-refractivity contribution in [3.05, 3.63) is 58.6 Å². The molecule has 0 heterocycles. The first-order valence-corrected chi connectivity index (χ1v) is 6.94. The van der Waals surface area contributed by atoms with Crippen molar-refractivity contribution in [1.29, 1.82) is 0 Å². The summed E-state index contributed by atoms with van der Waals surface area (Å²) < 4.78 is 5.79. The molecule has 0 unspecified atom stereocenters. The van der Waals surface area contributed by atoms with Gasteiger partial charge >= 0.3 is 0 Å². The van der Waals surface area contributed by atoms with Crippen LogP contribution < -0.4 is 10.5 Å². The molecule has 0 amide bonds. The fourth-order valence-corrected chi connectivity index (χ4v) is 2.08. The molecule has 0 spiro atoms. The Bertz CT molecular complexity index is 669. The largest absolute Gasteiger partial charge is 0.456 e. The Labute approximate surface area is 128 Å². The molecule has 0 saturated carbocycles. The van der Waals surface area contributed by atoms with Crippen LogP contribution >= 0.6 is 11.6 Å². The standard InChI is InChI=1S/C16H17ClN2O2/c1-10(2)11-4-3-5-13(8-11)21-15-7-6-12(9-14(15)17)16(18)19-20/h3-10,20H,1-2H3,(H2,18,19). The summed E-state index contributed by atoms with van der Waals surface area (Å²) in [6, 6.07) is 12.8. The topological polar surface area (TPSA) is 67.8 Å². The van der Waals surface area contributed by atoms with E-state index in [1.54, 1.807) is 18.2 Å². The summed E-state index contributed by atoms with van der Waals surface area (Å²) in [4.78, 5) is 0. The minimum atomic E-state index is 0.00487. The molecule has 5 heteroatoms. The van der Waals surface area contributed by atoms with Gasteiger partial charge in [0, 0.05) is 5.56 Å². The molecule has 0 saturated heterocycles. The highest BCUT2D eigenvalue weighted by Gasteiger charge is 2.08. The van der Waals surface area contributed by atoms with Crippen LogP contribution in [-0.2, 0) is 0 Å². The van der Waals surface area contributed by atoms with Gasteiger partial charge < -0.3 is 15.7 Å². The summed E-state index contributed by atoms with van der Waals surface area (Å²) in [5.41, 5.74) is 7.24. The van der Waals surface area contributed by atoms with Gasteiger partial charge in [0.25, 0.3) is 0 Å². The molecule has 3 N–H and O–H groups in total. The van der Waals surface area contributed by atoms with Crippen LogP contribution in [0.15, 0.2) is 47.6 Å². The normalized spacial score (nSPS) is 11.7. The second kappa shape index (κ2) is 6.50. The van der Waals surface area contributed by atoms with Crippen LogP contribution in [0.25, 0.3) is 0 Å². The first-order chi connectivity index (χ1) is 10.0. The summed E-state index contributed by atoms with van der Waals surface area (Å²) in [5, 5.41) is 12.0. The van der Waals surface area contributed by atoms with Crippen LogP contribution in [-0.4, -0.2) is 11.0 Å². The summed E-state index contributed by atoms with van der Waals surface area (Å²) in [5.74, 6) is 1.67. The number of nitrogens with zero attached hydrogens (tertiary/aromatic N) is 1. The Kier molecular flexibility index (Phi) is 4.70. The molecular formula is C16H17ClN2O2. The summed E-state index contributed by atoms with van der Waals surface area (Å²) in [6.45, 7) is 4.25. The monoisotopic (exact) mass is 304 g/mol. The lowest BCUT2D eigenvalue weighted by Crippen LogP contribution is -2.12. The first kappa shape index (κ1) is 15.2. The minimum Gasteiger partial charge on any atom is -0.456 e. The van der Waals surface area contributed by atoms with Gasteiger partial charge in [-0.1, -0.05) is 42.7 Å². The van der Waals surface area contributed by atoms with Gasteiger partial charge in [0.05, 0.1) is 5.02 Å². The van der Waals surface area contributed by atoms with E-state index in [9.17, 15) is 0 Å². The molecule has 0 aliphatic carbocycles. The van der Waals surface area contributed by atoms with E-state index < -0.39 is 0 Å².